The summed E-state index contributed by atoms with van der Waals surface area (Å²) in [5.41, 5.74) is 6.64. The third kappa shape index (κ3) is 21.4. The fraction of sp³-hybridized carbons (Fsp3) is 0.596. The summed E-state index contributed by atoms with van der Waals surface area (Å²) in [6, 6.07) is 1.69. The summed E-state index contributed by atoms with van der Waals surface area (Å²) in [4.78, 5) is 124. The smallest absolute Gasteiger partial charge is 0.332 e. The maximum Gasteiger partial charge on any atom is 0.332 e. The Kier molecular flexibility index (Phi) is 27.0. The Morgan fingerprint density at radius 3 is 1.85 bits per heavy atom. The largest absolute Gasteiger partial charge is 0.480 e. The molecule has 0 radical (unpaired) electrons. The van der Waals surface area contributed by atoms with Gasteiger partial charge in [-0.2, -0.15) is 20.2 Å². The van der Waals surface area contributed by atoms with Crippen LogP contribution in [0.3, 0.4) is 0 Å². The Hall–Kier alpha value is -5.83. The van der Waals surface area contributed by atoms with E-state index >= 15 is 0 Å². The molecule has 2 aromatic carbocycles. The third-order valence-electron chi connectivity index (χ3n) is 12.6. The minimum atomic E-state index is -5.15. The van der Waals surface area contributed by atoms with Crippen LogP contribution in [0.4, 0.5) is 3.89 Å². The summed E-state index contributed by atoms with van der Waals surface area (Å²) in [6.07, 6.45) is 0.913. The van der Waals surface area contributed by atoms with Crippen molar-refractivity contribution in [1.29, 1.82) is 0 Å². The second-order valence-electron chi connectivity index (χ2n) is 20.5. The summed E-state index contributed by atoms with van der Waals surface area (Å²) >= 11 is 2.27. The molecule has 1 aliphatic heterocycles. The number of thioether (sulfide) groups is 2. The molecule has 434 valence electrons. The summed E-state index contributed by atoms with van der Waals surface area (Å²) < 4.78 is 37.6. The average molecular weight is 1150 g/mol. The van der Waals surface area contributed by atoms with Crippen LogP contribution in [0, 0.1) is 17.8 Å². The Morgan fingerprint density at radius 2 is 1.27 bits per heavy atom. The van der Waals surface area contributed by atoms with E-state index in [2.05, 4.69) is 37.2 Å². The average Bonchev–Trinajstić information content (AvgIpc) is 3.87. The van der Waals surface area contributed by atoms with Crippen molar-refractivity contribution < 1.29 is 65.7 Å². The van der Waals surface area contributed by atoms with Crippen LogP contribution in [0.2, 0.25) is 0 Å². The first-order valence-electron chi connectivity index (χ1n) is 25.8. The molecule has 11 N–H and O–H groups in total. The lowest BCUT2D eigenvalue weighted by atomic mass is 9.99. The maximum absolute atomic E-state index is 14.4. The van der Waals surface area contributed by atoms with Gasteiger partial charge in [0.1, 0.15) is 48.3 Å². The van der Waals surface area contributed by atoms with Crippen molar-refractivity contribution >= 4 is 87.0 Å². The van der Waals surface area contributed by atoms with E-state index in [4.69, 9.17) is 5.73 Å². The number of carbonyl (C=O) groups is 9. The van der Waals surface area contributed by atoms with Crippen molar-refractivity contribution in [2.75, 3.05) is 24.3 Å². The number of aliphatic hydroxyl groups excluding tert-OH is 1. The molecule has 1 fully saturated rings. The number of hydrogen-bond donors (Lipinski definition) is 10. The number of amides is 8. The van der Waals surface area contributed by atoms with E-state index in [-0.39, 0.29) is 67.1 Å². The van der Waals surface area contributed by atoms with Gasteiger partial charge in [-0.15, -0.1) is 15.6 Å². The van der Waals surface area contributed by atoms with Crippen LogP contribution < -0.4 is 43.0 Å². The highest BCUT2D eigenvalue weighted by Crippen LogP contribution is 2.25. The van der Waals surface area contributed by atoms with Crippen molar-refractivity contribution in [3.8, 4) is 0 Å². The Morgan fingerprint density at radius 1 is 0.705 bits per heavy atom. The quantitative estimate of drug-likeness (QED) is 0.0377. The van der Waals surface area contributed by atoms with Gasteiger partial charge in [-0.05, 0) is 99.5 Å². The van der Waals surface area contributed by atoms with Crippen molar-refractivity contribution in [1.82, 2.24) is 42.1 Å². The fourth-order valence-electron chi connectivity index (χ4n) is 8.27. The van der Waals surface area contributed by atoms with Crippen LogP contribution in [0.15, 0.2) is 64.4 Å². The number of carboxylic acid groups (broad SMARTS) is 1. The Balaban J connectivity index is 1.91. The van der Waals surface area contributed by atoms with Gasteiger partial charge in [0.2, 0.25) is 47.3 Å². The van der Waals surface area contributed by atoms with E-state index in [0.717, 1.165) is 23.9 Å². The molecule has 0 bridgehead atoms. The number of nitrogens with two attached hydrogens (primary N) is 1. The summed E-state index contributed by atoms with van der Waals surface area (Å²) in [5.74, 6) is -8.12. The highest BCUT2D eigenvalue weighted by molar-refractivity contribution is 7.99. The molecule has 78 heavy (non-hydrogen) atoms. The first-order chi connectivity index (χ1) is 36.5. The molecule has 1 saturated heterocycles. The molecule has 0 saturated carbocycles. The molecule has 2 aromatic rings. The van der Waals surface area contributed by atoms with Crippen LogP contribution in [0.1, 0.15) is 93.1 Å². The number of hydrogen-bond acceptors (Lipinski definition) is 15. The van der Waals surface area contributed by atoms with Gasteiger partial charge in [0.15, 0.2) is 0 Å². The lowest BCUT2D eigenvalue weighted by molar-refractivity contribution is -0.143. The molecular weight excluding hydrogens is 1070 g/mol. The number of benzene rings is 2. The van der Waals surface area contributed by atoms with E-state index in [9.17, 15) is 65.7 Å². The van der Waals surface area contributed by atoms with Crippen molar-refractivity contribution in [2.45, 2.75) is 164 Å². The first kappa shape index (κ1) is 66.4. The number of rotatable bonds is 31. The number of likely N-dealkylation sites (tertiary alicyclic amines) is 1. The van der Waals surface area contributed by atoms with Crippen LogP contribution in [0.25, 0.3) is 0 Å². The number of aliphatic carboxylic acids is 1. The van der Waals surface area contributed by atoms with Gasteiger partial charge in [0, 0.05) is 23.6 Å². The van der Waals surface area contributed by atoms with Gasteiger partial charge in [0.05, 0.1) is 17.0 Å². The molecule has 0 unspecified atom stereocenters. The van der Waals surface area contributed by atoms with Gasteiger partial charge in [-0.3, -0.25) is 38.4 Å². The molecule has 3 rings (SSSR count). The maximum atomic E-state index is 14.4. The highest BCUT2D eigenvalue weighted by atomic mass is 32.3. The van der Waals surface area contributed by atoms with E-state index in [1.165, 1.54) is 42.6 Å². The van der Waals surface area contributed by atoms with E-state index in [1.54, 1.807) is 71.9 Å². The highest BCUT2D eigenvalue weighted by Gasteiger charge is 2.40. The molecule has 0 aromatic heterocycles. The summed E-state index contributed by atoms with van der Waals surface area (Å²) in [7, 11) is -5.15. The topological polar surface area (TPSA) is 342 Å². The van der Waals surface area contributed by atoms with Crippen LogP contribution >= 0.6 is 23.5 Å². The van der Waals surface area contributed by atoms with Gasteiger partial charge in [-0.25, -0.2) is 4.79 Å². The number of carboxylic acids is 1. The number of nitrogens with one attached hydrogen (secondary N) is 7. The zero-order valence-corrected chi connectivity index (χ0v) is 48.0. The zero-order chi connectivity index (χ0) is 58.6. The van der Waals surface area contributed by atoms with E-state index < -0.39 is 129 Å². The molecular formula is C52H78FN9O13S3. The molecule has 1 heterocycles. The van der Waals surface area contributed by atoms with Gasteiger partial charge < -0.3 is 58.1 Å². The number of halogens is 1. The van der Waals surface area contributed by atoms with E-state index in [0.29, 0.717) is 17.7 Å². The van der Waals surface area contributed by atoms with Crippen molar-refractivity contribution in [3.63, 3.8) is 0 Å². The lowest BCUT2D eigenvalue weighted by Crippen LogP contribution is -2.62. The summed E-state index contributed by atoms with van der Waals surface area (Å²) in [6.45, 7) is 13.3. The van der Waals surface area contributed by atoms with Crippen LogP contribution in [-0.2, 0) is 59.8 Å². The fourth-order valence-corrected chi connectivity index (χ4v) is 10.3. The normalized spacial score (nSPS) is 17.1. The first-order valence-corrected chi connectivity index (χ1v) is 29.6. The van der Waals surface area contributed by atoms with Crippen molar-refractivity contribution in [3.05, 3.63) is 60.2 Å². The molecule has 1 aliphatic rings. The predicted molar refractivity (Wildman–Crippen MR) is 294 cm³/mol. The second-order valence-corrected chi connectivity index (χ2v) is 23.9. The third-order valence-corrected chi connectivity index (χ3v) is 15.2. The van der Waals surface area contributed by atoms with Gasteiger partial charge >= 0.3 is 16.2 Å². The number of nitrogens with zero attached hydrogens (tertiary/aromatic N) is 1. The molecule has 0 spiro atoms. The Labute approximate surface area is 464 Å². The second kappa shape index (κ2) is 31.7. The number of carbonyl (C=O) groups excluding carboxylic acids is 8. The number of aliphatic hydroxyl groups is 1. The van der Waals surface area contributed by atoms with Gasteiger partial charge in [0.25, 0.3) is 0 Å². The molecule has 8 amide bonds. The molecule has 0 aliphatic carbocycles. The standard InChI is InChI=1S/C52H78FN9O13S3/c1-28(2)23-37(45(65)57-38(25-33-15-11-10-12-16-33)46(66)59-39(52(72)73)24-29(3)4)58-50(70)43(32(8)63)61-47(67)40(27-77-34-17-13-18-35(26-34)78(53,74)75)60-48(68)41-19-14-21-62(41)51(71)31(7)55-44(64)36(20-22-76-9)56-49(69)42(54)30(5)6/h10-13,15-18,26,28-32,36-43,63H,14,19-25,27,54H2,1-9H3,(H,55,64)(H,56,69)(H,57,65)(H,58,70)(H,59,66)(H,60,68)(H,61,67)(H,72,73)/t31-,32+,36-,37-,38-,39-,40-,41-,42-,43-/m0/s1. The van der Waals surface area contributed by atoms with E-state index in [1.807, 2.05) is 6.26 Å². The Bertz CT molecular complexity index is 2510. The van der Waals surface area contributed by atoms with Crippen LogP contribution in [-0.4, -0.2) is 162 Å². The summed E-state index contributed by atoms with van der Waals surface area (Å²) in [5, 5.41) is 39.0. The monoisotopic (exact) mass is 1150 g/mol. The lowest BCUT2D eigenvalue weighted by Gasteiger charge is -2.30. The van der Waals surface area contributed by atoms with Crippen LogP contribution in [0.5, 0.6) is 0 Å². The minimum Gasteiger partial charge on any atom is -0.480 e. The predicted octanol–water partition coefficient (Wildman–Crippen LogP) is 1.38. The SMILES string of the molecule is CSCC[C@H](NC(=O)[C@@H](N)C(C)C)C(=O)N[C@@H](C)C(=O)N1CCC[C@H]1C(=O)N[C@@H](CSc1cccc(S(=O)(=O)F)c1)C(=O)N[C@H](C(=O)N[C@@H](CC(C)C)C(=O)N[C@@H](Cc1ccccc1)C(=O)N[C@@H](CC(C)C)C(=O)O)[C@@H](C)O. The molecule has 22 nitrogen and oxygen atoms in total. The van der Waals surface area contributed by atoms with Gasteiger partial charge in [-0.1, -0.05) is 77.9 Å². The molecule has 10 atom stereocenters. The molecule has 26 heteroatoms. The minimum absolute atomic E-state index is 0.00706. The zero-order valence-electron chi connectivity index (χ0n) is 45.6. The van der Waals surface area contributed by atoms with Crippen molar-refractivity contribution in [2.24, 2.45) is 23.5 Å².